The largest absolute Gasteiger partial charge is 0.444 e. The van der Waals surface area contributed by atoms with Crippen molar-refractivity contribution in [1.29, 1.82) is 0 Å². The number of aromatic nitrogens is 2. The number of nitrogens with one attached hydrogen (secondary N) is 2. The topological polar surface area (TPSA) is 91.7 Å². The molecule has 0 saturated carbocycles. The molecule has 1 aliphatic heterocycles. The maximum absolute atomic E-state index is 5.71. The lowest BCUT2D eigenvalue weighted by atomic mass is 9.97. The fourth-order valence-electron chi connectivity index (χ4n) is 3.46. The number of nitrogens with zero attached hydrogens (tertiary/aromatic N) is 4. The second-order valence-corrected chi connectivity index (χ2v) is 8.15. The number of guanidine groups is 1. The van der Waals surface area contributed by atoms with Gasteiger partial charge in [-0.1, -0.05) is 19.0 Å². The van der Waals surface area contributed by atoms with Crippen LogP contribution in [-0.2, 0) is 13.1 Å². The summed E-state index contributed by atoms with van der Waals surface area (Å²) >= 11 is 0. The number of piperidine rings is 1. The van der Waals surface area contributed by atoms with E-state index in [1.165, 1.54) is 0 Å². The summed E-state index contributed by atoms with van der Waals surface area (Å²) in [7, 11) is 1.79. The Morgan fingerprint density at radius 3 is 2.57 bits per heavy atom. The highest BCUT2D eigenvalue weighted by Gasteiger charge is 2.21. The van der Waals surface area contributed by atoms with E-state index in [4.69, 9.17) is 8.94 Å². The molecular formula is C21H35IN6O2. The third kappa shape index (κ3) is 6.97. The molecule has 2 aromatic rings. The molecule has 0 aliphatic carbocycles. The van der Waals surface area contributed by atoms with Crippen LogP contribution in [0.25, 0.3) is 0 Å². The highest BCUT2D eigenvalue weighted by Crippen LogP contribution is 2.19. The highest BCUT2D eigenvalue weighted by atomic mass is 127. The van der Waals surface area contributed by atoms with E-state index in [1.54, 1.807) is 7.05 Å². The van der Waals surface area contributed by atoms with Crippen LogP contribution >= 0.6 is 24.0 Å². The predicted molar refractivity (Wildman–Crippen MR) is 128 cm³/mol. The molecule has 1 fully saturated rings. The molecule has 0 unspecified atom stereocenters. The van der Waals surface area contributed by atoms with Gasteiger partial charge in [-0.15, -0.1) is 24.0 Å². The van der Waals surface area contributed by atoms with Gasteiger partial charge in [0.15, 0.2) is 11.7 Å². The van der Waals surface area contributed by atoms with Crippen molar-refractivity contribution in [1.82, 2.24) is 25.7 Å². The van der Waals surface area contributed by atoms with Gasteiger partial charge in [-0.3, -0.25) is 9.89 Å². The van der Waals surface area contributed by atoms with Crippen molar-refractivity contribution in [2.24, 2.45) is 10.9 Å². The summed E-state index contributed by atoms with van der Waals surface area (Å²) in [5.74, 6) is 4.36. The molecule has 0 amide bonds. The third-order valence-electron chi connectivity index (χ3n) is 5.52. The number of aryl methyl sites for hydroxylation is 2. The van der Waals surface area contributed by atoms with Crippen LogP contribution in [-0.4, -0.2) is 47.7 Å². The number of oxazole rings is 1. The maximum Gasteiger partial charge on any atom is 0.208 e. The van der Waals surface area contributed by atoms with Crippen LogP contribution < -0.4 is 10.6 Å². The zero-order valence-corrected chi connectivity index (χ0v) is 21.0. The smallest absolute Gasteiger partial charge is 0.208 e. The zero-order valence-electron chi connectivity index (χ0n) is 18.7. The minimum Gasteiger partial charge on any atom is -0.444 e. The van der Waals surface area contributed by atoms with E-state index in [-0.39, 0.29) is 24.0 Å². The van der Waals surface area contributed by atoms with Gasteiger partial charge < -0.3 is 19.6 Å². The number of aliphatic imine (C=N–C) groups is 1. The lowest BCUT2D eigenvalue weighted by Gasteiger charge is -2.31. The summed E-state index contributed by atoms with van der Waals surface area (Å²) in [4.78, 5) is 11.2. The molecule has 0 bridgehead atoms. The van der Waals surface area contributed by atoms with E-state index in [0.29, 0.717) is 18.4 Å². The number of hydrogen-bond donors (Lipinski definition) is 2. The van der Waals surface area contributed by atoms with Crippen LogP contribution in [0.1, 0.15) is 61.4 Å². The van der Waals surface area contributed by atoms with Crippen LogP contribution in [0.2, 0.25) is 0 Å². The summed E-state index contributed by atoms with van der Waals surface area (Å²) < 4.78 is 11.1. The number of hydrogen-bond acceptors (Lipinski definition) is 6. The van der Waals surface area contributed by atoms with Crippen molar-refractivity contribution in [2.75, 3.05) is 26.7 Å². The lowest BCUT2D eigenvalue weighted by molar-refractivity contribution is 0.164. The first-order valence-electron chi connectivity index (χ1n) is 10.5. The first-order chi connectivity index (χ1) is 13.9. The summed E-state index contributed by atoms with van der Waals surface area (Å²) in [5, 5.41) is 10.8. The van der Waals surface area contributed by atoms with Gasteiger partial charge in [0.1, 0.15) is 5.76 Å². The number of halogens is 1. The standard InChI is InChI=1S/C21H34N6O2.HI/c1-14(2)19-10-18(29-26-19)12-24-21(22-5)23-11-17-6-8-27(9-7-17)13-20-25-15(3)16(4)28-20;/h10,14,17H,6-9,11-13H2,1-5H3,(H2,22,23,24);1H. The van der Waals surface area contributed by atoms with Gasteiger partial charge in [0.05, 0.1) is 24.5 Å². The monoisotopic (exact) mass is 530 g/mol. The fourth-order valence-corrected chi connectivity index (χ4v) is 3.46. The number of likely N-dealkylation sites (tertiary alicyclic amines) is 1. The van der Waals surface area contributed by atoms with E-state index in [1.807, 2.05) is 19.9 Å². The molecule has 1 saturated heterocycles. The fraction of sp³-hybridized carbons (Fsp3) is 0.667. The Hall–Kier alpha value is -1.62. The molecule has 0 atom stereocenters. The Bertz CT molecular complexity index is 789. The normalized spacial score (nSPS) is 16.0. The molecule has 0 aromatic carbocycles. The molecule has 30 heavy (non-hydrogen) atoms. The number of rotatable bonds is 7. The quantitative estimate of drug-likeness (QED) is 0.321. The van der Waals surface area contributed by atoms with Crippen molar-refractivity contribution in [3.63, 3.8) is 0 Å². The van der Waals surface area contributed by atoms with E-state index >= 15 is 0 Å². The molecule has 3 heterocycles. The Balaban J connectivity index is 0.00000320. The second-order valence-electron chi connectivity index (χ2n) is 8.15. The highest BCUT2D eigenvalue weighted by molar-refractivity contribution is 14.0. The SMILES string of the molecule is CN=C(NCc1cc(C(C)C)no1)NCC1CCN(Cc2nc(C)c(C)o2)CC1.I. The van der Waals surface area contributed by atoms with E-state index in [2.05, 4.69) is 44.5 Å². The van der Waals surface area contributed by atoms with Crippen molar-refractivity contribution in [3.05, 3.63) is 34.9 Å². The summed E-state index contributed by atoms with van der Waals surface area (Å²) in [5.41, 5.74) is 1.97. The molecule has 0 spiro atoms. The van der Waals surface area contributed by atoms with Gasteiger partial charge in [0.2, 0.25) is 5.89 Å². The summed E-state index contributed by atoms with van der Waals surface area (Å²) in [6, 6.07) is 2.00. The van der Waals surface area contributed by atoms with Crippen molar-refractivity contribution < 1.29 is 8.94 Å². The average molecular weight is 530 g/mol. The van der Waals surface area contributed by atoms with Crippen LogP contribution in [0.3, 0.4) is 0 Å². The molecule has 3 rings (SSSR count). The Labute approximate surface area is 196 Å². The average Bonchev–Trinajstić information content (AvgIpc) is 3.30. The molecule has 1 aliphatic rings. The van der Waals surface area contributed by atoms with Gasteiger partial charge in [-0.05, 0) is 51.6 Å². The summed E-state index contributed by atoms with van der Waals surface area (Å²) in [6.07, 6.45) is 2.31. The minimum absolute atomic E-state index is 0. The van der Waals surface area contributed by atoms with Crippen LogP contribution in [0, 0.1) is 19.8 Å². The summed E-state index contributed by atoms with van der Waals surface area (Å²) in [6.45, 7) is 12.6. The molecule has 2 N–H and O–H groups in total. The molecule has 0 radical (unpaired) electrons. The maximum atomic E-state index is 5.71. The van der Waals surface area contributed by atoms with Crippen LogP contribution in [0.15, 0.2) is 20.0 Å². The molecule has 168 valence electrons. The zero-order chi connectivity index (χ0) is 20.8. The lowest BCUT2D eigenvalue weighted by Crippen LogP contribution is -2.42. The van der Waals surface area contributed by atoms with Gasteiger partial charge >= 0.3 is 0 Å². The third-order valence-corrected chi connectivity index (χ3v) is 5.52. The van der Waals surface area contributed by atoms with Crippen LogP contribution in [0.5, 0.6) is 0 Å². The van der Waals surface area contributed by atoms with Crippen molar-refractivity contribution in [3.8, 4) is 0 Å². The first kappa shape index (κ1) is 24.6. The van der Waals surface area contributed by atoms with Gasteiger partial charge in [-0.25, -0.2) is 4.98 Å². The second kappa shape index (κ2) is 11.7. The van der Waals surface area contributed by atoms with Gasteiger partial charge in [-0.2, -0.15) is 0 Å². The van der Waals surface area contributed by atoms with E-state index < -0.39 is 0 Å². The molecular weight excluding hydrogens is 495 g/mol. The molecule has 8 nitrogen and oxygen atoms in total. The van der Waals surface area contributed by atoms with Crippen molar-refractivity contribution >= 4 is 29.9 Å². The molecule has 9 heteroatoms. The molecule has 2 aromatic heterocycles. The van der Waals surface area contributed by atoms with E-state index in [0.717, 1.165) is 73.8 Å². The van der Waals surface area contributed by atoms with Gasteiger partial charge in [0, 0.05) is 19.7 Å². The predicted octanol–water partition coefficient (Wildman–Crippen LogP) is 3.60. The van der Waals surface area contributed by atoms with Crippen molar-refractivity contribution in [2.45, 2.75) is 59.5 Å². The first-order valence-corrected chi connectivity index (χ1v) is 10.5. The van der Waals surface area contributed by atoms with E-state index in [9.17, 15) is 0 Å². The Morgan fingerprint density at radius 2 is 2.00 bits per heavy atom. The minimum atomic E-state index is 0. The van der Waals surface area contributed by atoms with Crippen LogP contribution in [0.4, 0.5) is 0 Å². The van der Waals surface area contributed by atoms with Gasteiger partial charge in [0.25, 0.3) is 0 Å². The Morgan fingerprint density at radius 1 is 1.27 bits per heavy atom. The Kier molecular flexibility index (Phi) is 9.60.